The minimum absolute atomic E-state index is 0.0661. The van der Waals surface area contributed by atoms with Gasteiger partial charge >= 0.3 is 0 Å². The lowest BCUT2D eigenvalue weighted by Crippen LogP contribution is -2.22. The minimum Gasteiger partial charge on any atom is -0.383 e. The average molecular weight is 247 g/mol. The van der Waals surface area contributed by atoms with Crippen molar-refractivity contribution in [2.75, 3.05) is 5.73 Å². The highest BCUT2D eigenvalue weighted by Crippen LogP contribution is 2.28. The van der Waals surface area contributed by atoms with E-state index in [1.54, 1.807) is 6.33 Å². The van der Waals surface area contributed by atoms with E-state index in [0.29, 0.717) is 11.9 Å². The van der Waals surface area contributed by atoms with Gasteiger partial charge in [-0.05, 0) is 34.6 Å². The smallest absolute Gasteiger partial charge is 0.132 e. The van der Waals surface area contributed by atoms with Crippen LogP contribution in [0.5, 0.6) is 0 Å². The highest BCUT2D eigenvalue weighted by molar-refractivity contribution is 5.69. The van der Waals surface area contributed by atoms with Gasteiger partial charge in [-0.25, -0.2) is 4.98 Å². The lowest BCUT2D eigenvalue weighted by molar-refractivity contribution is 0.402. The van der Waals surface area contributed by atoms with Crippen molar-refractivity contribution in [2.24, 2.45) is 0 Å². The molecule has 0 radical (unpaired) electrons. The normalized spacial score (nSPS) is 12.3. The van der Waals surface area contributed by atoms with Crippen LogP contribution >= 0.6 is 0 Å². The molecule has 0 bridgehead atoms. The zero-order valence-electron chi connectivity index (χ0n) is 11.7. The summed E-state index contributed by atoms with van der Waals surface area (Å²) in [6.45, 7) is 10.5. The molecule has 2 aromatic heterocycles. The van der Waals surface area contributed by atoms with Crippen LogP contribution < -0.4 is 5.73 Å². The van der Waals surface area contributed by atoms with E-state index in [1.807, 2.05) is 21.6 Å². The zero-order chi connectivity index (χ0) is 13.5. The molecule has 0 atom stereocenters. The summed E-state index contributed by atoms with van der Waals surface area (Å²) in [6, 6.07) is 0.338. The van der Waals surface area contributed by atoms with Gasteiger partial charge in [0.1, 0.15) is 11.5 Å². The molecule has 98 valence electrons. The maximum absolute atomic E-state index is 6.17. The maximum atomic E-state index is 6.17. The second-order valence-electron chi connectivity index (χ2n) is 5.82. The van der Waals surface area contributed by atoms with Crippen molar-refractivity contribution in [3.8, 4) is 11.3 Å². The van der Waals surface area contributed by atoms with Gasteiger partial charge in [0, 0.05) is 23.3 Å². The van der Waals surface area contributed by atoms with E-state index in [-0.39, 0.29) is 5.54 Å². The molecule has 2 rings (SSSR count). The molecule has 0 aromatic carbocycles. The van der Waals surface area contributed by atoms with Gasteiger partial charge in [-0.1, -0.05) is 0 Å². The van der Waals surface area contributed by atoms with Crippen molar-refractivity contribution in [3.63, 3.8) is 0 Å². The number of aromatic nitrogens is 4. The first-order valence-corrected chi connectivity index (χ1v) is 6.18. The van der Waals surface area contributed by atoms with E-state index in [1.165, 1.54) is 0 Å². The summed E-state index contributed by atoms with van der Waals surface area (Å²) in [5.41, 5.74) is 7.87. The third-order valence-electron chi connectivity index (χ3n) is 2.93. The van der Waals surface area contributed by atoms with Crippen LogP contribution in [-0.2, 0) is 5.54 Å². The number of imidazole rings is 1. The van der Waals surface area contributed by atoms with E-state index < -0.39 is 0 Å². The summed E-state index contributed by atoms with van der Waals surface area (Å²) in [5, 5.41) is 4.32. The van der Waals surface area contributed by atoms with E-state index in [4.69, 9.17) is 5.73 Å². The monoisotopic (exact) mass is 247 g/mol. The van der Waals surface area contributed by atoms with Gasteiger partial charge in [0.15, 0.2) is 0 Å². The first-order valence-electron chi connectivity index (χ1n) is 6.18. The Morgan fingerprint density at radius 2 is 1.94 bits per heavy atom. The van der Waals surface area contributed by atoms with Crippen molar-refractivity contribution < 1.29 is 0 Å². The van der Waals surface area contributed by atoms with Crippen molar-refractivity contribution in [1.29, 1.82) is 0 Å². The van der Waals surface area contributed by atoms with E-state index >= 15 is 0 Å². The molecule has 2 N–H and O–H groups in total. The van der Waals surface area contributed by atoms with Crippen molar-refractivity contribution >= 4 is 5.82 Å². The number of hydrogen-bond donors (Lipinski definition) is 1. The van der Waals surface area contributed by atoms with Crippen molar-refractivity contribution in [3.05, 3.63) is 18.7 Å². The molecular weight excluding hydrogens is 226 g/mol. The molecule has 18 heavy (non-hydrogen) atoms. The summed E-state index contributed by atoms with van der Waals surface area (Å²) in [6.07, 6.45) is 5.58. The molecule has 0 amide bonds. The van der Waals surface area contributed by atoms with Gasteiger partial charge in [0.05, 0.1) is 12.5 Å². The lowest BCUT2D eigenvalue weighted by atomic mass is 10.1. The molecule has 2 aromatic rings. The summed E-state index contributed by atoms with van der Waals surface area (Å²) in [7, 11) is 0. The van der Waals surface area contributed by atoms with E-state index in [2.05, 4.69) is 44.7 Å². The van der Waals surface area contributed by atoms with Crippen molar-refractivity contribution in [1.82, 2.24) is 19.3 Å². The predicted octanol–water partition coefficient (Wildman–Crippen LogP) is 2.66. The Bertz CT molecular complexity index is 542. The maximum Gasteiger partial charge on any atom is 0.132 e. The van der Waals surface area contributed by atoms with E-state index in [0.717, 1.165) is 11.3 Å². The van der Waals surface area contributed by atoms with Gasteiger partial charge < -0.3 is 10.3 Å². The van der Waals surface area contributed by atoms with Crippen LogP contribution in [0.4, 0.5) is 5.82 Å². The van der Waals surface area contributed by atoms with Crippen molar-refractivity contribution in [2.45, 2.75) is 46.2 Å². The van der Waals surface area contributed by atoms with Crippen LogP contribution in [0.2, 0.25) is 0 Å². The Morgan fingerprint density at radius 3 is 2.39 bits per heavy atom. The fourth-order valence-electron chi connectivity index (χ4n) is 1.86. The molecule has 0 saturated carbocycles. The third-order valence-corrected chi connectivity index (χ3v) is 2.93. The number of nitrogen functional groups attached to an aromatic ring is 1. The third kappa shape index (κ3) is 2.12. The minimum atomic E-state index is -0.0661. The largest absolute Gasteiger partial charge is 0.383 e. The number of hydrogen-bond acceptors (Lipinski definition) is 3. The molecule has 0 fully saturated rings. The summed E-state index contributed by atoms with van der Waals surface area (Å²) in [5.74, 6) is 0.686. The van der Waals surface area contributed by atoms with Crippen LogP contribution in [0.15, 0.2) is 18.7 Å². The molecule has 2 heterocycles. The summed E-state index contributed by atoms with van der Waals surface area (Å²) < 4.78 is 3.89. The predicted molar refractivity (Wildman–Crippen MR) is 73.2 cm³/mol. The quantitative estimate of drug-likeness (QED) is 0.887. The van der Waals surface area contributed by atoms with E-state index in [9.17, 15) is 0 Å². The van der Waals surface area contributed by atoms with Crippen LogP contribution in [0.25, 0.3) is 11.3 Å². The number of rotatable bonds is 2. The number of anilines is 1. The fraction of sp³-hybridized carbons (Fsp3) is 0.538. The Balaban J connectivity index is 2.42. The summed E-state index contributed by atoms with van der Waals surface area (Å²) in [4.78, 5) is 4.41. The molecule has 0 spiro atoms. The molecule has 5 heteroatoms. The lowest BCUT2D eigenvalue weighted by Gasteiger charge is -2.22. The molecule has 0 aliphatic rings. The van der Waals surface area contributed by atoms with Gasteiger partial charge in [-0.15, -0.1) is 0 Å². The molecule has 0 aliphatic carbocycles. The van der Waals surface area contributed by atoms with Gasteiger partial charge in [-0.3, -0.25) is 4.68 Å². The van der Waals surface area contributed by atoms with Gasteiger partial charge in [0.2, 0.25) is 0 Å². The summed E-state index contributed by atoms with van der Waals surface area (Å²) >= 11 is 0. The molecular formula is C13H21N5. The molecule has 5 nitrogen and oxygen atoms in total. The zero-order valence-corrected chi connectivity index (χ0v) is 11.7. The second-order valence-corrected chi connectivity index (χ2v) is 5.82. The standard InChI is InChI=1S/C13H21N5/c1-9(2)18-7-10(6-16-18)11-12(14)17(8-15-11)13(3,4)5/h6-9H,14H2,1-5H3. The highest BCUT2D eigenvalue weighted by Gasteiger charge is 2.20. The Morgan fingerprint density at radius 1 is 1.28 bits per heavy atom. The fourth-order valence-corrected chi connectivity index (χ4v) is 1.86. The second kappa shape index (κ2) is 4.15. The Hall–Kier alpha value is -1.78. The van der Waals surface area contributed by atoms with Gasteiger partial charge in [0.25, 0.3) is 0 Å². The molecule has 0 aliphatic heterocycles. The van der Waals surface area contributed by atoms with Crippen LogP contribution in [-0.4, -0.2) is 19.3 Å². The van der Waals surface area contributed by atoms with Gasteiger partial charge in [-0.2, -0.15) is 5.10 Å². The first kappa shape index (κ1) is 12.7. The average Bonchev–Trinajstić information content (AvgIpc) is 2.81. The number of nitrogens with zero attached hydrogens (tertiary/aromatic N) is 4. The number of nitrogens with two attached hydrogens (primary N) is 1. The van der Waals surface area contributed by atoms with Crippen LogP contribution in [0.1, 0.15) is 40.7 Å². The topological polar surface area (TPSA) is 61.7 Å². The first-order chi connectivity index (χ1) is 8.30. The van der Waals surface area contributed by atoms with Crippen LogP contribution in [0, 0.1) is 0 Å². The Kier molecular flexibility index (Phi) is 2.92. The molecule has 0 saturated heterocycles. The molecule has 0 unspecified atom stereocenters. The SMILES string of the molecule is CC(C)n1cc(-c2ncn(C(C)(C)C)c2N)cn1. The van der Waals surface area contributed by atoms with Crippen LogP contribution in [0.3, 0.4) is 0 Å². The Labute approximate surface area is 108 Å². The highest BCUT2D eigenvalue weighted by atomic mass is 15.3.